The molecule has 2 N–H and O–H groups in total. The Kier molecular flexibility index (Phi) is 6.10. The molecule has 7 nitrogen and oxygen atoms in total. The molecule has 0 aromatic heterocycles. The molecule has 2 aromatic carbocycles. The van der Waals surface area contributed by atoms with Crippen molar-refractivity contribution >= 4 is 16.0 Å². The summed E-state index contributed by atoms with van der Waals surface area (Å²) in [7, 11) is -2.11. The molecule has 1 heterocycles. The molecular weight excluding hydrogens is 406 g/mol. The summed E-state index contributed by atoms with van der Waals surface area (Å²) in [6, 6.07) is 10.9. The molecule has 1 atom stereocenters. The summed E-state index contributed by atoms with van der Waals surface area (Å²) >= 11 is 0. The van der Waals surface area contributed by atoms with Crippen LogP contribution in [0.15, 0.2) is 36.4 Å². The Bertz CT molecular complexity index is 1060. The summed E-state index contributed by atoms with van der Waals surface area (Å²) < 4.78 is 40.2. The van der Waals surface area contributed by atoms with E-state index in [0.29, 0.717) is 30.1 Å². The molecule has 0 spiro atoms. The topological polar surface area (TPSA) is 105 Å². The van der Waals surface area contributed by atoms with Crippen LogP contribution in [0.5, 0.6) is 11.5 Å². The van der Waals surface area contributed by atoms with Crippen LogP contribution in [0, 0.1) is 5.41 Å². The van der Waals surface area contributed by atoms with Crippen molar-refractivity contribution in [3.63, 3.8) is 0 Å². The number of methoxy groups -OCH3 is 1. The van der Waals surface area contributed by atoms with E-state index in [1.54, 1.807) is 26.2 Å². The Labute approximate surface area is 177 Å². The number of ether oxygens (including phenoxy) is 3. The molecule has 1 aliphatic heterocycles. The van der Waals surface area contributed by atoms with E-state index in [1.807, 2.05) is 38.1 Å². The smallest absolute Gasteiger partial charge is 0.311 e. The van der Waals surface area contributed by atoms with Gasteiger partial charge in [-0.2, -0.15) is 0 Å². The quantitative estimate of drug-likeness (QED) is 0.670. The van der Waals surface area contributed by atoms with Gasteiger partial charge in [-0.15, -0.1) is 0 Å². The predicted octanol–water partition coefficient (Wildman–Crippen LogP) is 3.56. The fourth-order valence-electron chi connectivity index (χ4n) is 3.71. The fourth-order valence-corrected chi connectivity index (χ4v) is 4.36. The predicted molar refractivity (Wildman–Crippen MR) is 114 cm³/mol. The zero-order chi connectivity index (χ0) is 22.1. The Morgan fingerprint density at radius 3 is 2.60 bits per heavy atom. The van der Waals surface area contributed by atoms with E-state index in [2.05, 4.69) is 0 Å². The number of sulfonamides is 1. The van der Waals surface area contributed by atoms with Crippen LogP contribution in [0.1, 0.15) is 44.4 Å². The average molecular weight is 434 g/mol. The number of rotatable bonds is 7. The SMILES string of the molecule is CCOC(=O)C(C)(C)CC1Oc2cccc(OC)c2-c2ccc(CS(N)(=O)=O)cc21. The van der Waals surface area contributed by atoms with Crippen molar-refractivity contribution < 1.29 is 27.4 Å². The number of hydrogen-bond donors (Lipinski definition) is 1. The molecule has 0 radical (unpaired) electrons. The molecule has 0 bridgehead atoms. The third-order valence-corrected chi connectivity index (χ3v) is 5.84. The van der Waals surface area contributed by atoms with Crippen LogP contribution in [0.3, 0.4) is 0 Å². The largest absolute Gasteiger partial charge is 0.496 e. The van der Waals surface area contributed by atoms with Gasteiger partial charge in [0.1, 0.15) is 17.6 Å². The number of carbonyl (C=O) groups is 1. The lowest BCUT2D eigenvalue weighted by molar-refractivity contribution is -0.155. The number of fused-ring (bicyclic) bond motifs is 3. The third kappa shape index (κ3) is 4.60. The van der Waals surface area contributed by atoms with Gasteiger partial charge < -0.3 is 14.2 Å². The van der Waals surface area contributed by atoms with Gasteiger partial charge in [0.2, 0.25) is 10.0 Å². The summed E-state index contributed by atoms with van der Waals surface area (Å²) in [5.74, 6) is 0.696. The first-order valence-electron chi connectivity index (χ1n) is 9.70. The molecule has 1 aliphatic rings. The molecule has 30 heavy (non-hydrogen) atoms. The van der Waals surface area contributed by atoms with Crippen molar-refractivity contribution in [2.24, 2.45) is 10.6 Å². The fraction of sp³-hybridized carbons (Fsp3) is 0.409. The monoisotopic (exact) mass is 433 g/mol. The van der Waals surface area contributed by atoms with Crippen molar-refractivity contribution in [2.75, 3.05) is 13.7 Å². The zero-order valence-electron chi connectivity index (χ0n) is 17.6. The molecule has 3 rings (SSSR count). The minimum atomic E-state index is -3.69. The number of hydrogen-bond acceptors (Lipinski definition) is 6. The van der Waals surface area contributed by atoms with Gasteiger partial charge in [-0.05, 0) is 44.0 Å². The van der Waals surface area contributed by atoms with Gasteiger partial charge in [-0.25, -0.2) is 13.6 Å². The molecule has 0 fully saturated rings. The lowest BCUT2D eigenvalue weighted by Crippen LogP contribution is -2.31. The van der Waals surface area contributed by atoms with E-state index in [0.717, 1.165) is 16.7 Å². The second-order valence-corrected chi connectivity index (χ2v) is 9.59. The summed E-state index contributed by atoms with van der Waals surface area (Å²) in [5, 5.41) is 5.24. The maximum atomic E-state index is 12.5. The van der Waals surface area contributed by atoms with Crippen molar-refractivity contribution in [3.8, 4) is 22.6 Å². The Morgan fingerprint density at radius 1 is 1.23 bits per heavy atom. The maximum Gasteiger partial charge on any atom is 0.311 e. The van der Waals surface area contributed by atoms with Crippen LogP contribution in [0.4, 0.5) is 0 Å². The van der Waals surface area contributed by atoms with Crippen LogP contribution in [-0.4, -0.2) is 28.1 Å². The molecule has 0 saturated carbocycles. The van der Waals surface area contributed by atoms with Crippen LogP contribution in [-0.2, 0) is 25.3 Å². The minimum absolute atomic E-state index is 0.285. The lowest BCUT2D eigenvalue weighted by atomic mass is 9.81. The van der Waals surface area contributed by atoms with Gasteiger partial charge >= 0.3 is 5.97 Å². The summed E-state index contributed by atoms with van der Waals surface area (Å²) in [4.78, 5) is 12.5. The van der Waals surface area contributed by atoms with Gasteiger partial charge in [0.05, 0.1) is 30.4 Å². The normalized spacial score (nSPS) is 15.6. The molecule has 0 aliphatic carbocycles. The number of esters is 1. The number of nitrogens with two attached hydrogens (primary N) is 1. The Hall–Kier alpha value is -2.58. The van der Waals surface area contributed by atoms with E-state index in [1.165, 1.54) is 0 Å². The standard InChI is InChI=1S/C22H27NO6S/c1-5-28-21(24)22(2,3)12-19-16-11-14(13-30(23,25)26)9-10-15(16)20-17(27-4)7-6-8-18(20)29-19/h6-11,19H,5,12-13H2,1-4H3,(H2,23,25,26). The van der Waals surface area contributed by atoms with Gasteiger partial charge in [-0.3, -0.25) is 4.79 Å². The van der Waals surface area contributed by atoms with E-state index < -0.39 is 21.5 Å². The number of carbonyl (C=O) groups excluding carboxylic acids is 1. The van der Waals surface area contributed by atoms with E-state index in [9.17, 15) is 13.2 Å². The summed E-state index contributed by atoms with van der Waals surface area (Å²) in [5.41, 5.74) is 2.20. The lowest BCUT2D eigenvalue weighted by Gasteiger charge is -2.34. The van der Waals surface area contributed by atoms with E-state index in [-0.39, 0.29) is 11.7 Å². The highest BCUT2D eigenvalue weighted by Crippen LogP contribution is 2.50. The van der Waals surface area contributed by atoms with Gasteiger partial charge in [0.25, 0.3) is 0 Å². The van der Waals surface area contributed by atoms with Crippen LogP contribution >= 0.6 is 0 Å². The molecule has 1 unspecified atom stereocenters. The molecule has 162 valence electrons. The van der Waals surface area contributed by atoms with E-state index in [4.69, 9.17) is 19.3 Å². The van der Waals surface area contributed by atoms with Crippen molar-refractivity contribution in [1.29, 1.82) is 0 Å². The van der Waals surface area contributed by atoms with Crippen LogP contribution in [0.2, 0.25) is 0 Å². The maximum absolute atomic E-state index is 12.5. The van der Waals surface area contributed by atoms with Crippen molar-refractivity contribution in [3.05, 3.63) is 47.5 Å². The summed E-state index contributed by atoms with van der Waals surface area (Å²) in [6.45, 7) is 5.68. The van der Waals surface area contributed by atoms with Gasteiger partial charge in [0.15, 0.2) is 0 Å². The zero-order valence-corrected chi connectivity index (χ0v) is 18.4. The Morgan fingerprint density at radius 2 is 1.97 bits per heavy atom. The molecule has 0 saturated heterocycles. The number of primary sulfonamides is 1. The first-order valence-corrected chi connectivity index (χ1v) is 11.4. The highest BCUT2D eigenvalue weighted by molar-refractivity contribution is 7.88. The van der Waals surface area contributed by atoms with Gasteiger partial charge in [0, 0.05) is 12.0 Å². The molecule has 2 aromatic rings. The second kappa shape index (κ2) is 8.28. The molecule has 8 heteroatoms. The highest BCUT2D eigenvalue weighted by Gasteiger charge is 2.37. The minimum Gasteiger partial charge on any atom is -0.496 e. The van der Waals surface area contributed by atoms with E-state index >= 15 is 0 Å². The first kappa shape index (κ1) is 22.1. The highest BCUT2D eigenvalue weighted by atomic mass is 32.2. The average Bonchev–Trinajstić information content (AvgIpc) is 2.66. The summed E-state index contributed by atoms with van der Waals surface area (Å²) in [6.07, 6.45) is -0.117. The second-order valence-electron chi connectivity index (χ2n) is 7.98. The van der Waals surface area contributed by atoms with Crippen molar-refractivity contribution in [1.82, 2.24) is 0 Å². The van der Waals surface area contributed by atoms with Gasteiger partial charge in [-0.1, -0.05) is 24.3 Å². The van der Waals surface area contributed by atoms with Crippen LogP contribution in [0.25, 0.3) is 11.1 Å². The van der Waals surface area contributed by atoms with Crippen LogP contribution < -0.4 is 14.6 Å². The first-order chi connectivity index (χ1) is 14.1. The third-order valence-electron chi connectivity index (χ3n) is 5.10. The molecular formula is C22H27NO6S. The molecule has 0 amide bonds. The number of benzene rings is 2. The van der Waals surface area contributed by atoms with Crippen molar-refractivity contribution in [2.45, 2.75) is 39.0 Å². The Balaban J connectivity index is 2.10.